The molecule has 0 amide bonds. The molecular formula is C9H10FNO4. The molecule has 0 aromatic heterocycles. The smallest absolute Gasteiger partial charge is 0.320 e. The monoisotopic (exact) mass is 215 g/mol. The zero-order valence-corrected chi connectivity index (χ0v) is 7.64. The number of carboxylic acid groups (broad SMARTS) is 1. The summed E-state index contributed by atoms with van der Waals surface area (Å²) in [6, 6.07) is 0.826. The van der Waals surface area contributed by atoms with E-state index in [9.17, 15) is 9.18 Å². The highest BCUT2D eigenvalue weighted by atomic mass is 19.1. The third kappa shape index (κ3) is 2.57. The summed E-state index contributed by atoms with van der Waals surface area (Å²) in [5, 5.41) is 26.5. The zero-order chi connectivity index (χ0) is 11.6. The van der Waals surface area contributed by atoms with Crippen LogP contribution in [0.5, 0.6) is 11.5 Å². The van der Waals surface area contributed by atoms with E-state index in [1.165, 1.54) is 0 Å². The van der Waals surface area contributed by atoms with E-state index in [1.54, 1.807) is 0 Å². The molecule has 5 N–H and O–H groups in total. The van der Waals surface area contributed by atoms with Crippen molar-refractivity contribution in [3.05, 3.63) is 23.5 Å². The van der Waals surface area contributed by atoms with Crippen LogP contribution in [0.4, 0.5) is 4.39 Å². The standard InChI is InChI=1S/C9H10FNO4/c10-5-1-4(2-6(11)9(14)15)3-7(12)8(5)13/h1,3,6,12-13H,2,11H2,(H,14,15)/t6-/m1/s1. The summed E-state index contributed by atoms with van der Waals surface area (Å²) in [7, 11) is 0. The fraction of sp³-hybridized carbons (Fsp3) is 0.222. The Labute approximate surface area is 84.6 Å². The van der Waals surface area contributed by atoms with E-state index < -0.39 is 29.3 Å². The average molecular weight is 215 g/mol. The van der Waals surface area contributed by atoms with Gasteiger partial charge in [0.2, 0.25) is 0 Å². The number of carbonyl (C=O) groups is 1. The van der Waals surface area contributed by atoms with Crippen LogP contribution >= 0.6 is 0 Å². The van der Waals surface area contributed by atoms with Crippen LogP contribution in [-0.2, 0) is 11.2 Å². The Morgan fingerprint density at radius 2 is 2.07 bits per heavy atom. The third-order valence-electron chi connectivity index (χ3n) is 1.88. The molecule has 0 aliphatic rings. The zero-order valence-electron chi connectivity index (χ0n) is 7.64. The Bertz CT molecular complexity index is 371. The van der Waals surface area contributed by atoms with Gasteiger partial charge in [-0.3, -0.25) is 4.79 Å². The van der Waals surface area contributed by atoms with Crippen LogP contribution in [0.25, 0.3) is 0 Å². The van der Waals surface area contributed by atoms with Crippen molar-refractivity contribution in [1.29, 1.82) is 0 Å². The number of nitrogens with two attached hydrogens (primary N) is 1. The van der Waals surface area contributed by atoms with Crippen LogP contribution in [0.1, 0.15) is 5.56 Å². The van der Waals surface area contributed by atoms with E-state index in [-0.39, 0.29) is 12.0 Å². The van der Waals surface area contributed by atoms with E-state index in [0.717, 1.165) is 12.1 Å². The maximum absolute atomic E-state index is 12.9. The van der Waals surface area contributed by atoms with E-state index >= 15 is 0 Å². The maximum Gasteiger partial charge on any atom is 0.320 e. The molecule has 82 valence electrons. The molecule has 1 rings (SSSR count). The van der Waals surface area contributed by atoms with Gasteiger partial charge in [0.1, 0.15) is 6.04 Å². The maximum atomic E-state index is 12.9. The molecule has 0 heterocycles. The second-order valence-electron chi connectivity index (χ2n) is 3.09. The fourth-order valence-corrected chi connectivity index (χ4v) is 1.10. The summed E-state index contributed by atoms with van der Waals surface area (Å²) in [6.45, 7) is 0. The lowest BCUT2D eigenvalue weighted by molar-refractivity contribution is -0.138. The average Bonchev–Trinajstić information content (AvgIpc) is 2.13. The number of hydrogen-bond acceptors (Lipinski definition) is 4. The van der Waals surface area contributed by atoms with E-state index in [0.29, 0.717) is 0 Å². The topological polar surface area (TPSA) is 104 Å². The molecule has 0 aliphatic heterocycles. The third-order valence-corrected chi connectivity index (χ3v) is 1.88. The van der Waals surface area contributed by atoms with Gasteiger partial charge >= 0.3 is 5.97 Å². The lowest BCUT2D eigenvalue weighted by Crippen LogP contribution is -2.32. The summed E-state index contributed by atoms with van der Waals surface area (Å²) in [5.74, 6) is -3.73. The van der Waals surface area contributed by atoms with Crippen molar-refractivity contribution in [2.75, 3.05) is 0 Å². The highest BCUT2D eigenvalue weighted by molar-refractivity contribution is 5.73. The van der Waals surface area contributed by atoms with Gasteiger partial charge in [0.25, 0.3) is 0 Å². The Balaban J connectivity index is 2.92. The van der Waals surface area contributed by atoms with Crippen molar-refractivity contribution in [3.63, 3.8) is 0 Å². The summed E-state index contributed by atoms with van der Waals surface area (Å²) in [4.78, 5) is 10.4. The van der Waals surface area contributed by atoms with Crippen LogP contribution in [0.15, 0.2) is 12.1 Å². The van der Waals surface area contributed by atoms with Crippen LogP contribution in [0, 0.1) is 5.82 Å². The van der Waals surface area contributed by atoms with E-state index in [4.69, 9.17) is 21.1 Å². The van der Waals surface area contributed by atoms with Crippen LogP contribution in [-0.4, -0.2) is 27.3 Å². The van der Waals surface area contributed by atoms with Crippen LogP contribution in [0.3, 0.4) is 0 Å². The van der Waals surface area contributed by atoms with E-state index in [2.05, 4.69) is 0 Å². The molecule has 5 nitrogen and oxygen atoms in total. The predicted molar refractivity (Wildman–Crippen MR) is 49.0 cm³/mol. The van der Waals surface area contributed by atoms with Gasteiger partial charge in [0.05, 0.1) is 0 Å². The predicted octanol–water partition coefficient (Wildman–Crippen LogP) is 0.191. The van der Waals surface area contributed by atoms with Gasteiger partial charge in [-0.25, -0.2) is 4.39 Å². The number of aliphatic carboxylic acids is 1. The van der Waals surface area contributed by atoms with Gasteiger partial charge in [0.15, 0.2) is 17.3 Å². The van der Waals surface area contributed by atoms with Gasteiger partial charge in [-0.15, -0.1) is 0 Å². The Kier molecular flexibility index (Phi) is 3.11. The molecule has 0 bridgehead atoms. The van der Waals surface area contributed by atoms with Crippen molar-refractivity contribution in [2.45, 2.75) is 12.5 Å². The summed E-state index contributed by atoms with van der Waals surface area (Å²) in [6.07, 6.45) is -0.125. The summed E-state index contributed by atoms with van der Waals surface area (Å²) < 4.78 is 12.9. The second-order valence-corrected chi connectivity index (χ2v) is 3.09. The van der Waals surface area contributed by atoms with Crippen molar-refractivity contribution in [3.8, 4) is 11.5 Å². The molecule has 1 aromatic carbocycles. The van der Waals surface area contributed by atoms with Gasteiger partial charge < -0.3 is 21.1 Å². The minimum Gasteiger partial charge on any atom is -0.504 e. The SMILES string of the molecule is N[C@H](Cc1cc(O)c(O)c(F)c1)C(=O)O. The fourth-order valence-electron chi connectivity index (χ4n) is 1.10. The van der Waals surface area contributed by atoms with Gasteiger partial charge in [-0.2, -0.15) is 0 Å². The molecule has 1 aromatic rings. The number of halogens is 1. The molecule has 0 aliphatic carbocycles. The molecule has 6 heteroatoms. The number of rotatable bonds is 3. The van der Waals surface area contributed by atoms with Crippen LogP contribution in [0.2, 0.25) is 0 Å². The number of hydrogen-bond donors (Lipinski definition) is 4. The molecule has 0 fully saturated rings. The van der Waals surface area contributed by atoms with Gasteiger partial charge in [0, 0.05) is 0 Å². The number of benzene rings is 1. The Morgan fingerprint density at radius 3 is 2.53 bits per heavy atom. The Hall–Kier alpha value is -1.82. The van der Waals surface area contributed by atoms with Crippen LogP contribution < -0.4 is 5.73 Å². The minimum atomic E-state index is -1.22. The number of phenols is 2. The summed E-state index contributed by atoms with van der Waals surface area (Å²) in [5.41, 5.74) is 5.43. The lowest BCUT2D eigenvalue weighted by Gasteiger charge is -2.07. The normalized spacial score (nSPS) is 12.4. The quantitative estimate of drug-likeness (QED) is 0.539. The second kappa shape index (κ2) is 4.14. The van der Waals surface area contributed by atoms with Crippen molar-refractivity contribution in [1.82, 2.24) is 0 Å². The van der Waals surface area contributed by atoms with Gasteiger partial charge in [-0.1, -0.05) is 0 Å². The molecule has 0 saturated heterocycles. The highest BCUT2D eigenvalue weighted by Gasteiger charge is 2.15. The van der Waals surface area contributed by atoms with E-state index in [1.807, 2.05) is 0 Å². The first-order valence-corrected chi connectivity index (χ1v) is 4.10. The first-order valence-electron chi connectivity index (χ1n) is 4.10. The highest BCUT2D eigenvalue weighted by Crippen LogP contribution is 2.29. The molecule has 0 spiro atoms. The minimum absolute atomic E-state index is 0.125. The first-order chi connectivity index (χ1) is 6.91. The molecule has 1 atom stereocenters. The van der Waals surface area contributed by atoms with Crippen molar-refractivity contribution < 1.29 is 24.5 Å². The van der Waals surface area contributed by atoms with Crippen molar-refractivity contribution in [2.24, 2.45) is 5.73 Å². The largest absolute Gasteiger partial charge is 0.504 e. The molecule has 0 saturated carbocycles. The summed E-state index contributed by atoms with van der Waals surface area (Å²) >= 11 is 0. The first kappa shape index (κ1) is 11.3. The number of aromatic hydroxyl groups is 2. The molecule has 0 unspecified atom stereocenters. The number of carboxylic acids is 1. The molecule has 0 radical (unpaired) electrons. The van der Waals surface area contributed by atoms with Gasteiger partial charge in [-0.05, 0) is 24.1 Å². The van der Waals surface area contributed by atoms with Crippen molar-refractivity contribution >= 4 is 5.97 Å². The molecule has 15 heavy (non-hydrogen) atoms. The lowest BCUT2D eigenvalue weighted by atomic mass is 10.1. The number of phenolic OH excluding ortho intramolecular Hbond substituents is 2. The molecular weight excluding hydrogens is 205 g/mol. The Morgan fingerprint density at radius 1 is 1.47 bits per heavy atom.